The molecular weight excluding hydrogens is 354 g/mol. The molecule has 0 amide bonds. The second kappa shape index (κ2) is 7.07. The third kappa shape index (κ3) is 3.54. The van der Waals surface area contributed by atoms with E-state index in [1.54, 1.807) is 29.6 Å². The standard InChI is InChI=1S/C16H13N7O2S/c17-14(18)13-11(5-2-6-20-13)15(19)22-16-21-12(8-26-16)9-3-1-4-10(7-9)23(24)25/h1-8H,(H3,17,18)(H2,19,21,22). The number of non-ortho nitro benzene ring substituents is 1. The van der Waals surface area contributed by atoms with Crippen LogP contribution in [-0.4, -0.2) is 26.6 Å². The first kappa shape index (κ1) is 17.2. The predicted molar refractivity (Wildman–Crippen MR) is 99.8 cm³/mol. The van der Waals surface area contributed by atoms with Gasteiger partial charge in [-0.3, -0.25) is 20.5 Å². The molecule has 0 fully saturated rings. The smallest absolute Gasteiger partial charge is 0.270 e. The summed E-state index contributed by atoms with van der Waals surface area (Å²) in [6, 6.07) is 9.52. The van der Waals surface area contributed by atoms with Crippen molar-refractivity contribution in [3.8, 4) is 11.3 Å². The number of hydrogen-bond acceptors (Lipinski definition) is 7. The van der Waals surface area contributed by atoms with Gasteiger partial charge in [0.15, 0.2) is 0 Å². The first-order chi connectivity index (χ1) is 12.5. The molecule has 0 unspecified atom stereocenters. The molecule has 2 aromatic heterocycles. The molecule has 26 heavy (non-hydrogen) atoms. The van der Waals surface area contributed by atoms with Crippen LogP contribution in [0.3, 0.4) is 0 Å². The number of nitrogens with one attached hydrogen (secondary N) is 1. The highest BCUT2D eigenvalue weighted by Gasteiger charge is 2.12. The van der Waals surface area contributed by atoms with E-state index in [1.807, 2.05) is 0 Å². The van der Waals surface area contributed by atoms with Crippen LogP contribution in [0.5, 0.6) is 0 Å². The quantitative estimate of drug-likeness (QED) is 0.272. The van der Waals surface area contributed by atoms with Crippen molar-refractivity contribution in [2.24, 2.45) is 16.5 Å². The SMILES string of the molecule is N=C(N)c1ncccc1/C(N)=N/c1nc(-c2cccc([N+](=O)[O-])c2)cs1. The van der Waals surface area contributed by atoms with Gasteiger partial charge in [0, 0.05) is 34.8 Å². The van der Waals surface area contributed by atoms with E-state index in [2.05, 4.69) is 15.0 Å². The minimum atomic E-state index is -0.460. The summed E-state index contributed by atoms with van der Waals surface area (Å²) < 4.78 is 0. The molecule has 0 aliphatic carbocycles. The van der Waals surface area contributed by atoms with Crippen LogP contribution < -0.4 is 11.5 Å². The van der Waals surface area contributed by atoms with Crippen molar-refractivity contribution in [1.82, 2.24) is 9.97 Å². The van der Waals surface area contributed by atoms with Crippen LogP contribution in [0.4, 0.5) is 10.8 Å². The predicted octanol–water partition coefficient (Wildman–Crippen LogP) is 2.43. The number of aromatic nitrogens is 2. The van der Waals surface area contributed by atoms with Crippen LogP contribution >= 0.6 is 11.3 Å². The minimum Gasteiger partial charge on any atom is -0.383 e. The van der Waals surface area contributed by atoms with Crippen molar-refractivity contribution in [3.05, 3.63) is 69.3 Å². The average Bonchev–Trinajstić information content (AvgIpc) is 3.10. The number of amidine groups is 2. The summed E-state index contributed by atoms with van der Waals surface area (Å²) in [4.78, 5) is 23.1. The molecule has 2 heterocycles. The lowest BCUT2D eigenvalue weighted by atomic mass is 10.1. The molecule has 130 valence electrons. The number of nitrogens with zero attached hydrogens (tertiary/aromatic N) is 4. The zero-order valence-corrected chi connectivity index (χ0v) is 14.1. The molecule has 0 bridgehead atoms. The minimum absolute atomic E-state index is 0.0125. The Morgan fingerprint density at radius 1 is 1.27 bits per heavy atom. The van der Waals surface area contributed by atoms with E-state index in [9.17, 15) is 10.1 Å². The Morgan fingerprint density at radius 2 is 2.08 bits per heavy atom. The highest BCUT2D eigenvalue weighted by molar-refractivity contribution is 7.13. The Morgan fingerprint density at radius 3 is 2.81 bits per heavy atom. The normalized spacial score (nSPS) is 11.3. The molecular formula is C16H13N7O2S. The number of nitrogens with two attached hydrogens (primary N) is 2. The number of thiazole rings is 1. The van der Waals surface area contributed by atoms with Gasteiger partial charge in [0.25, 0.3) is 5.69 Å². The molecule has 10 heteroatoms. The molecule has 0 radical (unpaired) electrons. The average molecular weight is 367 g/mol. The number of hydrogen-bond donors (Lipinski definition) is 3. The third-order valence-electron chi connectivity index (χ3n) is 3.40. The van der Waals surface area contributed by atoms with E-state index in [0.717, 1.165) is 0 Å². The molecule has 3 aromatic rings. The van der Waals surface area contributed by atoms with Crippen molar-refractivity contribution in [2.45, 2.75) is 0 Å². The number of benzene rings is 1. The maximum Gasteiger partial charge on any atom is 0.270 e. The van der Waals surface area contributed by atoms with E-state index in [4.69, 9.17) is 16.9 Å². The first-order valence-electron chi connectivity index (χ1n) is 7.30. The van der Waals surface area contributed by atoms with Crippen molar-refractivity contribution >= 4 is 33.8 Å². The van der Waals surface area contributed by atoms with Crippen molar-refractivity contribution in [3.63, 3.8) is 0 Å². The second-order valence-corrected chi connectivity index (χ2v) is 5.97. The fraction of sp³-hybridized carbons (Fsp3) is 0. The molecule has 1 aromatic carbocycles. The van der Waals surface area contributed by atoms with Gasteiger partial charge in [-0.25, -0.2) is 9.98 Å². The summed E-state index contributed by atoms with van der Waals surface area (Å²) >= 11 is 1.24. The highest BCUT2D eigenvalue weighted by atomic mass is 32.1. The number of nitrogen functional groups attached to an aromatic ring is 1. The van der Waals surface area contributed by atoms with Crippen LogP contribution in [-0.2, 0) is 0 Å². The number of pyridine rings is 1. The molecule has 9 nitrogen and oxygen atoms in total. The molecule has 0 saturated heterocycles. The molecule has 0 aliphatic rings. The monoisotopic (exact) mass is 367 g/mol. The van der Waals surface area contributed by atoms with Gasteiger partial charge in [0.05, 0.1) is 10.6 Å². The van der Waals surface area contributed by atoms with Gasteiger partial charge < -0.3 is 11.5 Å². The Labute approximate surface area is 151 Å². The Balaban J connectivity index is 1.93. The Hall–Kier alpha value is -3.66. The lowest BCUT2D eigenvalue weighted by molar-refractivity contribution is -0.384. The van der Waals surface area contributed by atoms with Crippen molar-refractivity contribution < 1.29 is 4.92 Å². The first-order valence-corrected chi connectivity index (χ1v) is 8.18. The lowest BCUT2D eigenvalue weighted by Crippen LogP contribution is -2.22. The molecule has 0 atom stereocenters. The molecule has 0 aliphatic heterocycles. The van der Waals surface area contributed by atoms with Crippen molar-refractivity contribution in [1.29, 1.82) is 5.41 Å². The van der Waals surface area contributed by atoms with Gasteiger partial charge in [-0.15, -0.1) is 11.3 Å². The maximum atomic E-state index is 10.9. The van der Waals surface area contributed by atoms with Crippen LogP contribution in [0.2, 0.25) is 0 Å². The van der Waals surface area contributed by atoms with E-state index in [1.165, 1.54) is 29.7 Å². The Kier molecular flexibility index (Phi) is 4.67. The summed E-state index contributed by atoms with van der Waals surface area (Å²) in [5, 5.41) is 20.6. The lowest BCUT2D eigenvalue weighted by Gasteiger charge is -2.05. The summed E-state index contributed by atoms with van der Waals surface area (Å²) in [6.07, 6.45) is 1.51. The van der Waals surface area contributed by atoms with Gasteiger partial charge in [-0.1, -0.05) is 12.1 Å². The zero-order valence-electron chi connectivity index (χ0n) is 13.3. The summed E-state index contributed by atoms with van der Waals surface area (Å²) in [7, 11) is 0. The fourth-order valence-electron chi connectivity index (χ4n) is 2.22. The summed E-state index contributed by atoms with van der Waals surface area (Å²) in [6.45, 7) is 0. The highest BCUT2D eigenvalue weighted by Crippen LogP contribution is 2.29. The summed E-state index contributed by atoms with van der Waals surface area (Å²) in [5.74, 6) is -0.0848. The molecule has 3 rings (SSSR count). The Bertz CT molecular complexity index is 1030. The van der Waals surface area contributed by atoms with Crippen LogP contribution in [0.1, 0.15) is 11.3 Å². The van der Waals surface area contributed by atoms with E-state index in [0.29, 0.717) is 22.0 Å². The number of rotatable bonds is 5. The number of nitro groups is 1. The van der Waals surface area contributed by atoms with E-state index < -0.39 is 4.92 Å². The molecule has 0 spiro atoms. The largest absolute Gasteiger partial charge is 0.383 e. The van der Waals surface area contributed by atoms with Crippen LogP contribution in [0.25, 0.3) is 11.3 Å². The van der Waals surface area contributed by atoms with Crippen LogP contribution in [0.15, 0.2) is 53.0 Å². The van der Waals surface area contributed by atoms with Crippen LogP contribution in [0, 0.1) is 15.5 Å². The molecule has 5 N–H and O–H groups in total. The van der Waals surface area contributed by atoms with E-state index >= 15 is 0 Å². The number of aliphatic imine (C=N–C) groups is 1. The van der Waals surface area contributed by atoms with Gasteiger partial charge in [0.1, 0.15) is 17.4 Å². The topological polar surface area (TPSA) is 157 Å². The summed E-state index contributed by atoms with van der Waals surface area (Å²) in [5.41, 5.74) is 13.4. The second-order valence-electron chi connectivity index (χ2n) is 5.13. The maximum absolute atomic E-state index is 10.9. The molecule has 0 saturated carbocycles. The zero-order chi connectivity index (χ0) is 18.7. The third-order valence-corrected chi connectivity index (χ3v) is 4.13. The van der Waals surface area contributed by atoms with Crippen molar-refractivity contribution in [2.75, 3.05) is 0 Å². The number of nitro benzene ring substituents is 1. The van der Waals surface area contributed by atoms with Gasteiger partial charge >= 0.3 is 0 Å². The van der Waals surface area contributed by atoms with E-state index in [-0.39, 0.29) is 23.1 Å². The van der Waals surface area contributed by atoms with Gasteiger partial charge in [0.2, 0.25) is 5.13 Å². The fourth-order valence-corrected chi connectivity index (χ4v) is 2.92. The van der Waals surface area contributed by atoms with Gasteiger partial charge in [-0.2, -0.15) is 0 Å². The van der Waals surface area contributed by atoms with Gasteiger partial charge in [-0.05, 0) is 12.1 Å².